The third-order valence-corrected chi connectivity index (χ3v) is 4.47. The van der Waals surface area contributed by atoms with Crippen LogP contribution in [-0.4, -0.2) is 18.9 Å². The average molecular weight is 460 g/mol. The van der Waals surface area contributed by atoms with Crippen LogP contribution < -0.4 is 14.9 Å². The lowest BCUT2D eigenvalue weighted by Crippen LogP contribution is -2.17. The van der Waals surface area contributed by atoms with Crippen molar-refractivity contribution in [2.24, 2.45) is 5.10 Å². The van der Waals surface area contributed by atoms with Gasteiger partial charge in [0.25, 0.3) is 5.91 Å². The zero-order valence-electron chi connectivity index (χ0n) is 13.4. The first kappa shape index (κ1) is 16.6. The minimum atomic E-state index is -0.344. The van der Waals surface area contributed by atoms with Crippen molar-refractivity contribution in [2.75, 3.05) is 6.79 Å². The van der Waals surface area contributed by atoms with Crippen molar-refractivity contribution in [1.29, 1.82) is 0 Å². The number of amides is 1. The molecule has 4 rings (SSSR count). The molecule has 0 unspecified atom stereocenters. The Kier molecular flexibility index (Phi) is 4.61. The molecule has 2 aromatic carbocycles. The molecule has 3 aromatic rings. The van der Waals surface area contributed by atoms with Crippen LogP contribution in [-0.2, 0) is 0 Å². The summed E-state index contributed by atoms with van der Waals surface area (Å²) >= 11 is 2.25. The fourth-order valence-electron chi connectivity index (χ4n) is 2.45. The fourth-order valence-corrected chi connectivity index (χ4v) is 2.81. The van der Waals surface area contributed by atoms with Crippen molar-refractivity contribution >= 4 is 34.7 Å². The Morgan fingerprint density at radius 3 is 2.69 bits per heavy atom. The van der Waals surface area contributed by atoms with Crippen LogP contribution in [0, 0.1) is 3.57 Å². The van der Waals surface area contributed by atoms with Gasteiger partial charge in [-0.3, -0.25) is 4.79 Å². The third kappa shape index (κ3) is 3.57. The smallest absolute Gasteiger partial charge is 0.271 e. The van der Waals surface area contributed by atoms with Crippen LogP contribution in [0.2, 0.25) is 0 Å². The Labute approximate surface area is 162 Å². The molecule has 0 saturated carbocycles. The number of benzene rings is 2. The first-order valence-electron chi connectivity index (χ1n) is 7.78. The highest BCUT2D eigenvalue weighted by Crippen LogP contribution is 2.32. The van der Waals surface area contributed by atoms with Gasteiger partial charge in [0.1, 0.15) is 11.5 Å². The van der Waals surface area contributed by atoms with E-state index < -0.39 is 0 Å². The number of carbonyl (C=O) groups excluding carboxylic acids is 1. The largest absolute Gasteiger partial charge is 0.455 e. The Bertz CT molecular complexity index is 979. The van der Waals surface area contributed by atoms with Gasteiger partial charge in [-0.2, -0.15) is 5.10 Å². The normalized spacial score (nSPS) is 12.5. The summed E-state index contributed by atoms with van der Waals surface area (Å²) in [6.45, 7) is 0.167. The molecule has 0 atom stereocenters. The number of ether oxygens (including phenoxy) is 2. The van der Waals surface area contributed by atoms with Gasteiger partial charge in [-0.1, -0.05) is 12.1 Å². The second-order valence-electron chi connectivity index (χ2n) is 5.48. The van der Waals surface area contributed by atoms with Crippen molar-refractivity contribution < 1.29 is 18.7 Å². The molecule has 1 aliphatic rings. The molecule has 7 heteroatoms. The molecule has 0 radical (unpaired) electrons. The molecule has 0 bridgehead atoms. The van der Waals surface area contributed by atoms with E-state index in [0.29, 0.717) is 22.8 Å². The van der Waals surface area contributed by atoms with Gasteiger partial charge < -0.3 is 13.9 Å². The number of rotatable bonds is 4. The highest BCUT2D eigenvalue weighted by atomic mass is 127. The summed E-state index contributed by atoms with van der Waals surface area (Å²) in [6, 6.07) is 16.6. The highest BCUT2D eigenvalue weighted by molar-refractivity contribution is 14.1. The summed E-state index contributed by atoms with van der Waals surface area (Å²) in [5.41, 5.74) is 3.88. The zero-order chi connectivity index (χ0) is 17.9. The maximum absolute atomic E-state index is 12.1. The predicted octanol–water partition coefficient (Wildman–Crippen LogP) is 4.04. The molecule has 1 N–H and O–H groups in total. The molecule has 1 amide bonds. The van der Waals surface area contributed by atoms with Gasteiger partial charge in [0, 0.05) is 14.7 Å². The lowest BCUT2D eigenvalue weighted by Gasteiger charge is -2.01. The molecule has 130 valence electrons. The number of halogens is 1. The maximum Gasteiger partial charge on any atom is 0.271 e. The monoisotopic (exact) mass is 460 g/mol. The number of furan rings is 1. The molecular weight excluding hydrogens is 447 g/mol. The molecule has 26 heavy (non-hydrogen) atoms. The van der Waals surface area contributed by atoms with Crippen LogP contribution in [0.1, 0.15) is 16.1 Å². The molecule has 1 aliphatic heterocycles. The summed E-state index contributed by atoms with van der Waals surface area (Å²) in [5, 5.41) is 3.94. The fraction of sp³-hybridized carbons (Fsp3) is 0.0526. The molecule has 0 saturated heterocycles. The number of hydrogen-bond acceptors (Lipinski definition) is 5. The minimum absolute atomic E-state index is 0.167. The molecule has 0 fully saturated rings. The van der Waals surface area contributed by atoms with E-state index in [1.807, 2.05) is 30.3 Å². The topological polar surface area (TPSA) is 73.1 Å². The van der Waals surface area contributed by atoms with E-state index in [1.54, 1.807) is 24.3 Å². The van der Waals surface area contributed by atoms with E-state index in [2.05, 4.69) is 33.1 Å². The van der Waals surface area contributed by atoms with Gasteiger partial charge in [0.05, 0.1) is 6.21 Å². The van der Waals surface area contributed by atoms with E-state index in [0.717, 1.165) is 14.9 Å². The van der Waals surface area contributed by atoms with Crippen LogP contribution in [0.5, 0.6) is 11.5 Å². The van der Waals surface area contributed by atoms with Gasteiger partial charge in [-0.15, -0.1) is 0 Å². The van der Waals surface area contributed by atoms with Crippen LogP contribution in [0.15, 0.2) is 64.1 Å². The molecule has 1 aromatic heterocycles. The van der Waals surface area contributed by atoms with Gasteiger partial charge in [-0.25, -0.2) is 5.43 Å². The Morgan fingerprint density at radius 2 is 1.85 bits per heavy atom. The first-order chi connectivity index (χ1) is 12.7. The Balaban J connectivity index is 1.41. The van der Waals surface area contributed by atoms with Crippen molar-refractivity contribution in [3.63, 3.8) is 0 Å². The van der Waals surface area contributed by atoms with E-state index >= 15 is 0 Å². The van der Waals surface area contributed by atoms with Crippen molar-refractivity contribution in [1.82, 2.24) is 5.43 Å². The summed E-state index contributed by atoms with van der Waals surface area (Å²) in [4.78, 5) is 12.1. The first-order valence-corrected chi connectivity index (χ1v) is 8.86. The van der Waals surface area contributed by atoms with E-state index in [1.165, 1.54) is 6.21 Å². The van der Waals surface area contributed by atoms with Crippen molar-refractivity contribution in [3.8, 4) is 22.8 Å². The Hall–Kier alpha value is -2.81. The number of hydrogen-bond donors (Lipinski definition) is 1. The molecule has 6 nitrogen and oxygen atoms in total. The molecular formula is C19H13IN2O4. The van der Waals surface area contributed by atoms with E-state index in [-0.39, 0.29) is 12.7 Å². The standard InChI is InChI=1S/C19H13IN2O4/c20-14-4-1-12(2-5-14)16-8-6-15(26-16)10-21-22-19(23)13-3-7-17-18(9-13)25-11-24-17/h1-10H,11H2,(H,22,23)/b21-10+. The number of hydrazone groups is 1. The minimum Gasteiger partial charge on any atom is -0.455 e. The maximum atomic E-state index is 12.1. The molecule has 2 heterocycles. The number of nitrogens with one attached hydrogen (secondary N) is 1. The van der Waals surface area contributed by atoms with Crippen LogP contribution in [0.3, 0.4) is 0 Å². The second kappa shape index (κ2) is 7.20. The number of fused-ring (bicyclic) bond motifs is 1. The summed E-state index contributed by atoms with van der Waals surface area (Å²) in [5.74, 6) is 2.12. The lowest BCUT2D eigenvalue weighted by molar-refractivity contribution is 0.0954. The summed E-state index contributed by atoms with van der Waals surface area (Å²) in [6.07, 6.45) is 1.46. The number of carbonyl (C=O) groups is 1. The summed E-state index contributed by atoms with van der Waals surface area (Å²) in [7, 11) is 0. The van der Waals surface area contributed by atoms with Gasteiger partial charge in [0.15, 0.2) is 11.5 Å². The quantitative estimate of drug-likeness (QED) is 0.363. The van der Waals surface area contributed by atoms with Crippen molar-refractivity contribution in [3.05, 3.63) is 69.5 Å². The summed E-state index contributed by atoms with van der Waals surface area (Å²) < 4.78 is 17.4. The average Bonchev–Trinajstić information content (AvgIpc) is 3.31. The predicted molar refractivity (Wildman–Crippen MR) is 104 cm³/mol. The van der Waals surface area contributed by atoms with E-state index in [9.17, 15) is 4.79 Å². The van der Waals surface area contributed by atoms with E-state index in [4.69, 9.17) is 13.9 Å². The SMILES string of the molecule is O=C(N/N=C/c1ccc(-c2ccc(I)cc2)o1)c1ccc2c(c1)OCO2. The third-order valence-electron chi connectivity index (χ3n) is 3.75. The number of nitrogens with zero attached hydrogens (tertiary/aromatic N) is 1. The second-order valence-corrected chi connectivity index (χ2v) is 6.72. The van der Waals surface area contributed by atoms with Crippen LogP contribution in [0.4, 0.5) is 0 Å². The van der Waals surface area contributed by atoms with Gasteiger partial charge in [0.2, 0.25) is 6.79 Å². The van der Waals surface area contributed by atoms with Gasteiger partial charge in [-0.05, 0) is 65.1 Å². The lowest BCUT2D eigenvalue weighted by atomic mass is 10.2. The molecule has 0 aliphatic carbocycles. The van der Waals surface area contributed by atoms with Crippen molar-refractivity contribution in [2.45, 2.75) is 0 Å². The van der Waals surface area contributed by atoms with Crippen LogP contribution >= 0.6 is 22.6 Å². The van der Waals surface area contributed by atoms with Crippen LogP contribution in [0.25, 0.3) is 11.3 Å². The highest BCUT2D eigenvalue weighted by Gasteiger charge is 2.15. The Morgan fingerprint density at radius 1 is 1.04 bits per heavy atom. The zero-order valence-corrected chi connectivity index (χ0v) is 15.6. The molecule has 0 spiro atoms. The van der Waals surface area contributed by atoms with Gasteiger partial charge >= 0.3 is 0 Å².